The molecular weight excluding hydrogens is 398 g/mol. The van der Waals surface area contributed by atoms with Gasteiger partial charge in [-0.05, 0) is 48.4 Å². The third-order valence-electron chi connectivity index (χ3n) is 4.86. The summed E-state index contributed by atoms with van der Waals surface area (Å²) >= 11 is 0. The molecule has 1 aliphatic rings. The summed E-state index contributed by atoms with van der Waals surface area (Å²) in [5.74, 6) is 0. The highest BCUT2D eigenvalue weighted by Crippen LogP contribution is 2.30. The maximum absolute atomic E-state index is 12.9. The molecule has 7 nitrogen and oxygen atoms in total. The second kappa shape index (κ2) is 6.84. The average molecular weight is 418 g/mol. The standard InChI is InChI=1S/C19H19N3O4S2/c1-27(23,24)15-4-6-16(7-5-15)28(25,26)22-11-8-14(9-12-22)18-13-21-19-17(18)3-2-10-20-19/h2-8,10,13H,9,11-12H2,1H3,(H,20,21). The monoisotopic (exact) mass is 417 g/mol. The number of sulfonamides is 1. The zero-order valence-corrected chi connectivity index (χ0v) is 16.8. The number of pyridine rings is 1. The Bertz CT molecular complexity index is 1270. The van der Waals surface area contributed by atoms with Gasteiger partial charge < -0.3 is 4.98 Å². The van der Waals surface area contributed by atoms with E-state index in [9.17, 15) is 16.8 Å². The lowest BCUT2D eigenvalue weighted by Crippen LogP contribution is -2.34. The molecule has 1 aliphatic heterocycles. The molecule has 1 N–H and O–H groups in total. The first kappa shape index (κ1) is 18.9. The Morgan fingerprint density at radius 1 is 1.04 bits per heavy atom. The van der Waals surface area contributed by atoms with Gasteiger partial charge in [-0.3, -0.25) is 0 Å². The fourth-order valence-electron chi connectivity index (χ4n) is 3.34. The molecule has 3 heterocycles. The Kier molecular flexibility index (Phi) is 4.60. The number of nitrogens with zero attached hydrogens (tertiary/aromatic N) is 2. The smallest absolute Gasteiger partial charge is 0.243 e. The van der Waals surface area contributed by atoms with E-state index in [4.69, 9.17) is 0 Å². The van der Waals surface area contributed by atoms with Gasteiger partial charge in [-0.1, -0.05) is 6.08 Å². The highest BCUT2D eigenvalue weighted by atomic mass is 32.2. The van der Waals surface area contributed by atoms with Crippen molar-refractivity contribution in [2.45, 2.75) is 16.2 Å². The minimum absolute atomic E-state index is 0.0908. The van der Waals surface area contributed by atoms with Crippen LogP contribution in [0.1, 0.15) is 12.0 Å². The van der Waals surface area contributed by atoms with Crippen LogP contribution in [0.15, 0.2) is 64.7 Å². The van der Waals surface area contributed by atoms with E-state index in [-0.39, 0.29) is 16.3 Å². The summed E-state index contributed by atoms with van der Waals surface area (Å²) in [6.45, 7) is 0.618. The largest absolute Gasteiger partial charge is 0.346 e. The van der Waals surface area contributed by atoms with Crippen LogP contribution in [0.4, 0.5) is 0 Å². The Hall–Kier alpha value is -2.49. The molecule has 28 heavy (non-hydrogen) atoms. The van der Waals surface area contributed by atoms with Gasteiger partial charge in [-0.15, -0.1) is 0 Å². The van der Waals surface area contributed by atoms with E-state index in [0.717, 1.165) is 28.4 Å². The third kappa shape index (κ3) is 3.36. The molecule has 3 aromatic rings. The number of H-pyrrole nitrogens is 1. The predicted octanol–water partition coefficient (Wildman–Crippen LogP) is 2.44. The number of nitrogens with one attached hydrogen (secondary N) is 1. The zero-order chi connectivity index (χ0) is 19.9. The first-order chi connectivity index (χ1) is 13.3. The molecular formula is C19H19N3O4S2. The number of benzene rings is 1. The molecule has 1 aromatic carbocycles. The molecule has 0 radical (unpaired) electrons. The first-order valence-corrected chi connectivity index (χ1v) is 12.0. The average Bonchev–Trinajstić information content (AvgIpc) is 3.12. The normalized spacial score (nSPS) is 16.2. The minimum Gasteiger partial charge on any atom is -0.346 e. The lowest BCUT2D eigenvalue weighted by atomic mass is 10.0. The van der Waals surface area contributed by atoms with Crippen LogP contribution in [0.2, 0.25) is 0 Å². The fraction of sp³-hybridized carbons (Fsp3) is 0.211. The van der Waals surface area contributed by atoms with E-state index in [2.05, 4.69) is 9.97 Å². The molecule has 0 amide bonds. The molecule has 4 rings (SSSR count). The van der Waals surface area contributed by atoms with Gasteiger partial charge in [0, 0.05) is 42.7 Å². The van der Waals surface area contributed by atoms with Crippen LogP contribution in [0, 0.1) is 0 Å². The predicted molar refractivity (Wildman–Crippen MR) is 107 cm³/mol. The van der Waals surface area contributed by atoms with E-state index >= 15 is 0 Å². The SMILES string of the molecule is CS(=O)(=O)c1ccc(S(=O)(=O)N2CC=C(c3c[nH]c4ncccc34)CC2)cc1. The summed E-state index contributed by atoms with van der Waals surface area (Å²) in [6.07, 6.45) is 7.22. The van der Waals surface area contributed by atoms with Crippen LogP contribution in [-0.2, 0) is 19.9 Å². The second-order valence-electron chi connectivity index (χ2n) is 6.69. The van der Waals surface area contributed by atoms with E-state index in [1.165, 1.54) is 28.6 Å². The second-order valence-corrected chi connectivity index (χ2v) is 10.6. The van der Waals surface area contributed by atoms with Gasteiger partial charge in [-0.25, -0.2) is 21.8 Å². The van der Waals surface area contributed by atoms with Crippen LogP contribution < -0.4 is 0 Å². The van der Waals surface area contributed by atoms with Crippen molar-refractivity contribution in [2.75, 3.05) is 19.3 Å². The van der Waals surface area contributed by atoms with Crippen molar-refractivity contribution < 1.29 is 16.8 Å². The molecule has 146 valence electrons. The highest BCUT2D eigenvalue weighted by Gasteiger charge is 2.27. The van der Waals surface area contributed by atoms with Crippen molar-refractivity contribution in [3.63, 3.8) is 0 Å². The van der Waals surface area contributed by atoms with Crippen LogP contribution in [0.5, 0.6) is 0 Å². The maximum Gasteiger partial charge on any atom is 0.243 e. The number of hydrogen-bond acceptors (Lipinski definition) is 5. The number of aromatic amines is 1. The van der Waals surface area contributed by atoms with Crippen molar-refractivity contribution in [1.82, 2.24) is 14.3 Å². The van der Waals surface area contributed by atoms with E-state index < -0.39 is 19.9 Å². The summed E-state index contributed by atoms with van der Waals surface area (Å²) in [5.41, 5.74) is 2.93. The molecule has 0 atom stereocenters. The first-order valence-electron chi connectivity index (χ1n) is 8.68. The molecule has 2 aromatic heterocycles. The Labute approximate surface area is 163 Å². The molecule has 0 unspecified atom stereocenters. The lowest BCUT2D eigenvalue weighted by Gasteiger charge is -2.26. The molecule has 9 heteroatoms. The van der Waals surface area contributed by atoms with Crippen LogP contribution in [0.25, 0.3) is 16.6 Å². The van der Waals surface area contributed by atoms with Crippen molar-refractivity contribution in [1.29, 1.82) is 0 Å². The van der Waals surface area contributed by atoms with Gasteiger partial charge in [0.1, 0.15) is 5.65 Å². The van der Waals surface area contributed by atoms with E-state index in [1.54, 1.807) is 6.20 Å². The van der Waals surface area contributed by atoms with Crippen molar-refractivity contribution in [3.8, 4) is 0 Å². The Morgan fingerprint density at radius 2 is 1.75 bits per heavy atom. The number of fused-ring (bicyclic) bond motifs is 1. The van der Waals surface area contributed by atoms with Crippen LogP contribution in [-0.4, -0.2) is 50.5 Å². The van der Waals surface area contributed by atoms with Gasteiger partial charge in [0.05, 0.1) is 9.79 Å². The van der Waals surface area contributed by atoms with Crippen molar-refractivity contribution in [2.24, 2.45) is 0 Å². The van der Waals surface area contributed by atoms with E-state index in [1.807, 2.05) is 24.4 Å². The number of hydrogen-bond donors (Lipinski definition) is 1. The van der Waals surface area contributed by atoms with Gasteiger partial charge >= 0.3 is 0 Å². The van der Waals surface area contributed by atoms with E-state index in [0.29, 0.717) is 13.0 Å². The summed E-state index contributed by atoms with van der Waals surface area (Å²) in [4.78, 5) is 7.61. The van der Waals surface area contributed by atoms with Gasteiger partial charge in [0.15, 0.2) is 9.84 Å². The van der Waals surface area contributed by atoms with Crippen LogP contribution >= 0.6 is 0 Å². The molecule has 0 saturated heterocycles. The summed E-state index contributed by atoms with van der Waals surface area (Å²) < 4.78 is 50.3. The highest BCUT2D eigenvalue weighted by molar-refractivity contribution is 7.90. The van der Waals surface area contributed by atoms with Crippen molar-refractivity contribution >= 4 is 36.5 Å². The van der Waals surface area contributed by atoms with Gasteiger partial charge in [0.25, 0.3) is 0 Å². The summed E-state index contributed by atoms with van der Waals surface area (Å²) in [6, 6.07) is 9.20. The number of rotatable bonds is 4. The van der Waals surface area contributed by atoms with Crippen molar-refractivity contribution in [3.05, 3.63) is 60.4 Å². The zero-order valence-electron chi connectivity index (χ0n) is 15.2. The minimum atomic E-state index is -3.69. The number of aromatic nitrogens is 2. The Balaban J connectivity index is 1.58. The summed E-state index contributed by atoms with van der Waals surface area (Å²) in [7, 11) is -7.05. The molecule has 0 aliphatic carbocycles. The van der Waals surface area contributed by atoms with Gasteiger partial charge in [0.2, 0.25) is 10.0 Å². The summed E-state index contributed by atoms with van der Waals surface area (Å²) in [5, 5.41) is 1.02. The topological polar surface area (TPSA) is 100 Å². The Morgan fingerprint density at radius 3 is 2.39 bits per heavy atom. The number of sulfone groups is 1. The molecule has 0 fully saturated rings. The third-order valence-corrected chi connectivity index (χ3v) is 7.87. The molecule has 0 bridgehead atoms. The molecule has 0 saturated carbocycles. The fourth-order valence-corrected chi connectivity index (χ4v) is 5.35. The van der Waals surface area contributed by atoms with Crippen LogP contribution in [0.3, 0.4) is 0 Å². The lowest BCUT2D eigenvalue weighted by molar-refractivity contribution is 0.441. The van der Waals surface area contributed by atoms with Gasteiger partial charge in [-0.2, -0.15) is 4.31 Å². The maximum atomic E-state index is 12.9. The molecule has 0 spiro atoms. The quantitative estimate of drug-likeness (QED) is 0.703.